The minimum atomic E-state index is -0.172. The van der Waals surface area contributed by atoms with Crippen molar-refractivity contribution in [2.75, 3.05) is 5.32 Å². The minimum absolute atomic E-state index is 0.172. The molecule has 5 heteroatoms. The normalized spacial score (nSPS) is 10.5. The van der Waals surface area contributed by atoms with Crippen LogP contribution in [0.2, 0.25) is 5.02 Å². The van der Waals surface area contributed by atoms with Crippen molar-refractivity contribution in [1.82, 2.24) is 0 Å². The Hall–Kier alpha value is -2.77. The van der Waals surface area contributed by atoms with Crippen molar-refractivity contribution in [3.8, 4) is 6.07 Å². The van der Waals surface area contributed by atoms with E-state index in [-0.39, 0.29) is 12.3 Å². The van der Waals surface area contributed by atoms with Crippen LogP contribution >= 0.6 is 11.6 Å². The summed E-state index contributed by atoms with van der Waals surface area (Å²) in [6.07, 6.45) is 1.81. The fourth-order valence-electron chi connectivity index (χ4n) is 2.39. The smallest absolute Gasteiger partial charge is 0.228 e. The monoisotopic (exact) mass is 324 g/mol. The lowest BCUT2D eigenvalue weighted by molar-refractivity contribution is -0.115. The van der Waals surface area contributed by atoms with Crippen molar-refractivity contribution in [3.63, 3.8) is 0 Å². The highest BCUT2D eigenvalue weighted by Gasteiger charge is 2.11. The summed E-state index contributed by atoms with van der Waals surface area (Å²) in [6.45, 7) is 1.99. The number of halogens is 1. The van der Waals surface area contributed by atoms with Gasteiger partial charge in [-0.05, 0) is 36.8 Å². The van der Waals surface area contributed by atoms with E-state index in [0.29, 0.717) is 16.3 Å². The number of carbonyl (C=O) groups is 1. The topological polar surface area (TPSA) is 66.0 Å². The molecule has 1 heterocycles. The molecular weight excluding hydrogens is 312 g/mol. The first-order valence-electron chi connectivity index (χ1n) is 7.03. The zero-order chi connectivity index (χ0) is 16.4. The Morgan fingerprint density at radius 2 is 2.13 bits per heavy atom. The molecule has 4 nitrogen and oxygen atoms in total. The van der Waals surface area contributed by atoms with E-state index in [4.69, 9.17) is 21.3 Å². The standard InChI is InChI=1S/C18H13ClN2O2/c1-11-2-5-15-13(10-23-17(15)6-11)7-18(22)21-14-4-3-12(9-20)16(19)8-14/h2-6,8,10H,7H2,1H3,(H,21,22). The number of nitriles is 1. The molecule has 0 aliphatic heterocycles. The second kappa shape index (κ2) is 6.15. The molecule has 0 saturated carbocycles. The summed E-state index contributed by atoms with van der Waals surface area (Å²) in [5, 5.41) is 12.9. The SMILES string of the molecule is Cc1ccc2c(CC(=O)Nc3ccc(C#N)c(Cl)c3)coc2c1. The van der Waals surface area contributed by atoms with Crippen LogP contribution in [0.3, 0.4) is 0 Å². The summed E-state index contributed by atoms with van der Waals surface area (Å²) in [4.78, 5) is 12.2. The zero-order valence-electron chi connectivity index (χ0n) is 12.4. The summed E-state index contributed by atoms with van der Waals surface area (Å²) < 4.78 is 5.49. The van der Waals surface area contributed by atoms with Crippen molar-refractivity contribution >= 4 is 34.2 Å². The van der Waals surface area contributed by atoms with Crippen molar-refractivity contribution < 1.29 is 9.21 Å². The molecule has 0 spiro atoms. The Balaban J connectivity index is 1.76. The molecule has 0 aliphatic carbocycles. The molecule has 2 aromatic carbocycles. The summed E-state index contributed by atoms with van der Waals surface area (Å²) in [5.41, 5.74) is 3.64. The average molecular weight is 325 g/mol. The number of carbonyl (C=O) groups excluding carboxylic acids is 1. The van der Waals surface area contributed by atoms with E-state index in [1.54, 1.807) is 24.5 Å². The molecular formula is C18H13ClN2O2. The van der Waals surface area contributed by atoms with Gasteiger partial charge in [0.2, 0.25) is 5.91 Å². The van der Waals surface area contributed by atoms with Gasteiger partial charge in [0.25, 0.3) is 0 Å². The van der Waals surface area contributed by atoms with Gasteiger partial charge in [0.05, 0.1) is 23.3 Å². The summed E-state index contributed by atoms with van der Waals surface area (Å²) in [7, 11) is 0. The molecule has 23 heavy (non-hydrogen) atoms. The summed E-state index contributed by atoms with van der Waals surface area (Å²) >= 11 is 5.96. The van der Waals surface area contributed by atoms with Gasteiger partial charge in [-0.25, -0.2) is 0 Å². The predicted octanol–water partition coefficient (Wildman–Crippen LogP) is 4.45. The largest absolute Gasteiger partial charge is 0.464 e. The highest BCUT2D eigenvalue weighted by Crippen LogP contribution is 2.24. The fraction of sp³-hybridized carbons (Fsp3) is 0.111. The molecule has 0 saturated heterocycles. The highest BCUT2D eigenvalue weighted by atomic mass is 35.5. The van der Waals surface area contributed by atoms with Crippen molar-refractivity contribution in [2.24, 2.45) is 0 Å². The lowest BCUT2D eigenvalue weighted by atomic mass is 10.1. The van der Waals surface area contributed by atoms with Gasteiger partial charge in [-0.3, -0.25) is 4.79 Å². The maximum Gasteiger partial charge on any atom is 0.228 e. The van der Waals surface area contributed by atoms with Gasteiger partial charge in [-0.2, -0.15) is 5.26 Å². The third-order valence-corrected chi connectivity index (χ3v) is 3.85. The van der Waals surface area contributed by atoms with E-state index >= 15 is 0 Å². The number of nitrogens with one attached hydrogen (secondary N) is 1. The second-order valence-corrected chi connectivity index (χ2v) is 5.70. The average Bonchev–Trinajstić information content (AvgIpc) is 2.89. The fourth-order valence-corrected chi connectivity index (χ4v) is 2.61. The van der Waals surface area contributed by atoms with Crippen LogP contribution in [-0.2, 0) is 11.2 Å². The Kier molecular flexibility index (Phi) is 4.05. The van der Waals surface area contributed by atoms with Crippen LogP contribution in [0.4, 0.5) is 5.69 Å². The van der Waals surface area contributed by atoms with Crippen molar-refractivity contribution in [1.29, 1.82) is 5.26 Å². The third-order valence-electron chi connectivity index (χ3n) is 3.54. The number of amides is 1. The zero-order valence-corrected chi connectivity index (χ0v) is 13.1. The molecule has 1 N–H and O–H groups in total. The lowest BCUT2D eigenvalue weighted by Gasteiger charge is -2.05. The van der Waals surface area contributed by atoms with Crippen LogP contribution in [0.5, 0.6) is 0 Å². The van der Waals surface area contributed by atoms with E-state index in [9.17, 15) is 4.79 Å². The maximum absolute atomic E-state index is 12.2. The first kappa shape index (κ1) is 15.1. The molecule has 0 unspecified atom stereocenters. The van der Waals surface area contributed by atoms with Gasteiger partial charge in [-0.15, -0.1) is 0 Å². The molecule has 3 aromatic rings. The van der Waals surface area contributed by atoms with Crippen LogP contribution in [0.1, 0.15) is 16.7 Å². The predicted molar refractivity (Wildman–Crippen MR) is 89.5 cm³/mol. The molecule has 0 fully saturated rings. The first-order valence-corrected chi connectivity index (χ1v) is 7.41. The Morgan fingerprint density at radius 1 is 1.30 bits per heavy atom. The number of fused-ring (bicyclic) bond motifs is 1. The van der Waals surface area contributed by atoms with Gasteiger partial charge in [-0.1, -0.05) is 23.7 Å². The number of hydrogen-bond acceptors (Lipinski definition) is 3. The molecule has 1 amide bonds. The Labute approximate surface area is 138 Å². The number of anilines is 1. The van der Waals surface area contributed by atoms with Crippen LogP contribution in [0, 0.1) is 18.3 Å². The van der Waals surface area contributed by atoms with E-state index in [1.165, 1.54) is 0 Å². The quantitative estimate of drug-likeness (QED) is 0.774. The second-order valence-electron chi connectivity index (χ2n) is 5.29. The molecule has 0 bridgehead atoms. The molecule has 1 aromatic heterocycles. The number of rotatable bonds is 3. The summed E-state index contributed by atoms with van der Waals surface area (Å²) in [5.74, 6) is -0.172. The highest BCUT2D eigenvalue weighted by molar-refractivity contribution is 6.32. The first-order chi connectivity index (χ1) is 11.1. The van der Waals surface area contributed by atoms with E-state index in [0.717, 1.165) is 22.1 Å². The molecule has 0 aliphatic rings. The molecule has 0 radical (unpaired) electrons. The van der Waals surface area contributed by atoms with E-state index < -0.39 is 0 Å². The number of nitrogens with zero attached hydrogens (tertiary/aromatic N) is 1. The van der Waals surface area contributed by atoms with Gasteiger partial charge in [0.15, 0.2) is 0 Å². The van der Waals surface area contributed by atoms with Crippen LogP contribution in [0.15, 0.2) is 47.1 Å². The van der Waals surface area contributed by atoms with Crippen LogP contribution in [0.25, 0.3) is 11.0 Å². The van der Waals surface area contributed by atoms with Crippen LogP contribution < -0.4 is 5.32 Å². The van der Waals surface area contributed by atoms with E-state index in [2.05, 4.69) is 5.32 Å². The number of aryl methyl sites for hydroxylation is 1. The summed E-state index contributed by atoms with van der Waals surface area (Å²) in [6, 6.07) is 12.7. The van der Waals surface area contributed by atoms with Gasteiger partial charge in [0.1, 0.15) is 11.7 Å². The third kappa shape index (κ3) is 3.20. The van der Waals surface area contributed by atoms with Crippen molar-refractivity contribution in [3.05, 3.63) is 64.4 Å². The van der Waals surface area contributed by atoms with E-state index in [1.807, 2.05) is 31.2 Å². The number of furan rings is 1. The maximum atomic E-state index is 12.2. The number of benzene rings is 2. The molecule has 114 valence electrons. The van der Waals surface area contributed by atoms with Gasteiger partial charge in [0, 0.05) is 16.6 Å². The Bertz CT molecular complexity index is 938. The van der Waals surface area contributed by atoms with Gasteiger partial charge < -0.3 is 9.73 Å². The van der Waals surface area contributed by atoms with Crippen molar-refractivity contribution in [2.45, 2.75) is 13.3 Å². The number of hydrogen-bond donors (Lipinski definition) is 1. The molecule has 3 rings (SSSR count). The lowest BCUT2D eigenvalue weighted by Crippen LogP contribution is -2.14. The molecule has 0 atom stereocenters. The van der Waals surface area contributed by atoms with Gasteiger partial charge >= 0.3 is 0 Å². The minimum Gasteiger partial charge on any atom is -0.464 e. The Morgan fingerprint density at radius 3 is 2.87 bits per heavy atom. The van der Waals surface area contributed by atoms with Crippen LogP contribution in [-0.4, -0.2) is 5.91 Å².